The summed E-state index contributed by atoms with van der Waals surface area (Å²) >= 11 is 0. The first kappa shape index (κ1) is 27.3. The van der Waals surface area contributed by atoms with Gasteiger partial charge in [0.25, 0.3) is 11.2 Å². The standard InChI is InChI=1S/C29H31N5O5/c1-5-24(32(18-19(2)3)29(36)30-20-14-16-21(17-15-20)34(37)38)27-31-23-11-7-6-10-22(23)28(35)33(27)25-12-8-9-13-26(25)39-4/h6-17,19,24H,5,18H2,1-4H3,(H,30,36). The average molecular weight is 530 g/mol. The summed E-state index contributed by atoms with van der Waals surface area (Å²) in [5, 5.41) is 14.3. The number of fused-ring (bicyclic) bond motifs is 1. The number of anilines is 1. The quantitative estimate of drug-likeness (QED) is 0.212. The van der Waals surface area contributed by atoms with E-state index >= 15 is 0 Å². The van der Waals surface area contributed by atoms with E-state index in [1.54, 1.807) is 35.2 Å². The van der Waals surface area contributed by atoms with E-state index in [-0.39, 0.29) is 17.2 Å². The molecule has 39 heavy (non-hydrogen) atoms. The van der Waals surface area contributed by atoms with Gasteiger partial charge in [0.15, 0.2) is 0 Å². The number of methoxy groups -OCH3 is 1. The number of amides is 2. The second-order valence-electron chi connectivity index (χ2n) is 9.50. The van der Waals surface area contributed by atoms with Gasteiger partial charge in [-0.05, 0) is 48.7 Å². The number of nitrogens with zero attached hydrogens (tertiary/aromatic N) is 4. The van der Waals surface area contributed by atoms with E-state index in [1.807, 2.05) is 39.0 Å². The number of hydrogen-bond donors (Lipinski definition) is 1. The molecule has 1 N–H and O–H groups in total. The summed E-state index contributed by atoms with van der Waals surface area (Å²) in [4.78, 5) is 44.7. The maximum atomic E-state index is 13.9. The number of ether oxygens (including phenoxy) is 1. The van der Waals surface area contributed by atoms with Crippen molar-refractivity contribution in [1.29, 1.82) is 0 Å². The zero-order valence-corrected chi connectivity index (χ0v) is 22.3. The molecule has 1 aromatic heterocycles. The van der Waals surface area contributed by atoms with Gasteiger partial charge in [-0.15, -0.1) is 0 Å². The van der Waals surface area contributed by atoms with Crippen molar-refractivity contribution in [3.8, 4) is 11.4 Å². The molecule has 3 aromatic carbocycles. The van der Waals surface area contributed by atoms with Gasteiger partial charge < -0.3 is 15.0 Å². The van der Waals surface area contributed by atoms with Gasteiger partial charge in [0.05, 0.1) is 34.7 Å². The van der Waals surface area contributed by atoms with Crippen molar-refractivity contribution in [2.45, 2.75) is 33.2 Å². The molecule has 1 unspecified atom stereocenters. The van der Waals surface area contributed by atoms with Crippen LogP contribution in [0.3, 0.4) is 0 Å². The maximum absolute atomic E-state index is 13.9. The smallest absolute Gasteiger partial charge is 0.322 e. The average Bonchev–Trinajstić information content (AvgIpc) is 2.93. The van der Waals surface area contributed by atoms with Crippen LogP contribution in [-0.2, 0) is 0 Å². The van der Waals surface area contributed by atoms with Gasteiger partial charge in [-0.1, -0.05) is 45.0 Å². The van der Waals surface area contributed by atoms with Crippen molar-refractivity contribution in [1.82, 2.24) is 14.5 Å². The summed E-state index contributed by atoms with van der Waals surface area (Å²) in [6, 6.07) is 19.0. The highest BCUT2D eigenvalue weighted by Crippen LogP contribution is 2.30. The molecule has 2 amide bonds. The molecule has 0 radical (unpaired) electrons. The van der Waals surface area contributed by atoms with Crippen molar-refractivity contribution < 1.29 is 14.5 Å². The maximum Gasteiger partial charge on any atom is 0.322 e. The van der Waals surface area contributed by atoms with Gasteiger partial charge >= 0.3 is 6.03 Å². The van der Waals surface area contributed by atoms with Crippen LogP contribution in [0.15, 0.2) is 77.6 Å². The minimum absolute atomic E-state index is 0.0698. The van der Waals surface area contributed by atoms with Crippen LogP contribution >= 0.6 is 0 Å². The molecule has 1 atom stereocenters. The number of carbonyl (C=O) groups is 1. The van der Waals surface area contributed by atoms with E-state index in [4.69, 9.17) is 9.72 Å². The summed E-state index contributed by atoms with van der Waals surface area (Å²) in [5.41, 5.74) is 1.14. The monoisotopic (exact) mass is 529 g/mol. The third kappa shape index (κ3) is 5.74. The van der Waals surface area contributed by atoms with Crippen molar-refractivity contribution in [3.05, 3.63) is 99.1 Å². The van der Waals surface area contributed by atoms with Crippen LogP contribution in [0.4, 0.5) is 16.2 Å². The Morgan fingerprint density at radius 3 is 2.38 bits per heavy atom. The van der Waals surface area contributed by atoms with E-state index in [9.17, 15) is 19.7 Å². The first-order valence-corrected chi connectivity index (χ1v) is 12.7. The van der Waals surface area contributed by atoms with Crippen LogP contribution < -0.4 is 15.6 Å². The fourth-order valence-corrected chi connectivity index (χ4v) is 4.57. The predicted octanol–water partition coefficient (Wildman–Crippen LogP) is 5.94. The van der Waals surface area contributed by atoms with E-state index in [0.29, 0.717) is 46.8 Å². The minimum Gasteiger partial charge on any atom is -0.495 e. The number of non-ortho nitro benzene ring substituents is 1. The van der Waals surface area contributed by atoms with E-state index in [0.717, 1.165) is 0 Å². The zero-order valence-electron chi connectivity index (χ0n) is 22.3. The van der Waals surface area contributed by atoms with Gasteiger partial charge in [-0.2, -0.15) is 0 Å². The lowest BCUT2D eigenvalue weighted by Crippen LogP contribution is -2.42. The SMILES string of the molecule is CCC(c1nc2ccccc2c(=O)n1-c1ccccc1OC)N(CC(C)C)C(=O)Nc1ccc([N+](=O)[O-])cc1. The number of nitrogens with one attached hydrogen (secondary N) is 1. The van der Waals surface area contributed by atoms with Crippen molar-refractivity contribution in [2.24, 2.45) is 5.92 Å². The summed E-state index contributed by atoms with van der Waals surface area (Å²) in [5.74, 6) is 1.01. The first-order chi connectivity index (χ1) is 18.7. The molecule has 0 aliphatic rings. The molecule has 1 heterocycles. The van der Waals surface area contributed by atoms with Crippen LogP contribution in [0.1, 0.15) is 39.1 Å². The molecular weight excluding hydrogens is 498 g/mol. The summed E-state index contributed by atoms with van der Waals surface area (Å²) in [7, 11) is 1.54. The highest BCUT2D eigenvalue weighted by atomic mass is 16.6. The Labute approximate surface area is 226 Å². The highest BCUT2D eigenvalue weighted by molar-refractivity contribution is 5.90. The van der Waals surface area contributed by atoms with Gasteiger partial charge in [-0.25, -0.2) is 9.78 Å². The second kappa shape index (κ2) is 11.8. The molecule has 10 heteroatoms. The lowest BCUT2D eigenvalue weighted by Gasteiger charge is -2.33. The third-order valence-electron chi connectivity index (χ3n) is 6.34. The fraction of sp³-hybridized carbons (Fsp3) is 0.276. The number of urea groups is 1. The molecule has 10 nitrogen and oxygen atoms in total. The Balaban J connectivity index is 1.86. The van der Waals surface area contributed by atoms with E-state index in [1.165, 1.54) is 35.9 Å². The Kier molecular flexibility index (Phi) is 8.24. The normalized spacial score (nSPS) is 11.8. The summed E-state index contributed by atoms with van der Waals surface area (Å²) in [6.45, 7) is 6.32. The largest absolute Gasteiger partial charge is 0.495 e. The van der Waals surface area contributed by atoms with Gasteiger partial charge in [0.1, 0.15) is 11.6 Å². The van der Waals surface area contributed by atoms with Crippen LogP contribution in [0, 0.1) is 16.0 Å². The van der Waals surface area contributed by atoms with E-state index < -0.39 is 17.0 Å². The lowest BCUT2D eigenvalue weighted by molar-refractivity contribution is -0.384. The van der Waals surface area contributed by atoms with Crippen LogP contribution in [0.2, 0.25) is 0 Å². The number of nitro groups is 1. The molecule has 0 fully saturated rings. The van der Waals surface area contributed by atoms with E-state index in [2.05, 4.69) is 5.32 Å². The van der Waals surface area contributed by atoms with Gasteiger partial charge in [0, 0.05) is 24.4 Å². The molecule has 202 valence electrons. The van der Waals surface area contributed by atoms with Crippen LogP contribution in [0.5, 0.6) is 5.75 Å². The number of rotatable bonds is 9. The zero-order chi connectivity index (χ0) is 28.1. The summed E-state index contributed by atoms with van der Waals surface area (Å²) in [6.07, 6.45) is 0.473. The highest BCUT2D eigenvalue weighted by Gasteiger charge is 2.30. The number of benzene rings is 3. The Bertz CT molecular complexity index is 1550. The Hall–Kier alpha value is -4.73. The van der Waals surface area contributed by atoms with Crippen molar-refractivity contribution in [3.63, 3.8) is 0 Å². The Morgan fingerprint density at radius 2 is 1.74 bits per heavy atom. The van der Waals surface area contributed by atoms with Crippen molar-refractivity contribution >= 4 is 28.3 Å². The number of aromatic nitrogens is 2. The van der Waals surface area contributed by atoms with Gasteiger partial charge in [0.2, 0.25) is 0 Å². The fourth-order valence-electron chi connectivity index (χ4n) is 4.57. The van der Waals surface area contributed by atoms with Crippen LogP contribution in [0.25, 0.3) is 16.6 Å². The predicted molar refractivity (Wildman–Crippen MR) is 151 cm³/mol. The van der Waals surface area contributed by atoms with Gasteiger partial charge in [-0.3, -0.25) is 19.5 Å². The Morgan fingerprint density at radius 1 is 1.08 bits per heavy atom. The molecule has 0 bridgehead atoms. The number of carbonyl (C=O) groups excluding carboxylic acids is 1. The molecule has 0 spiro atoms. The minimum atomic E-state index is -0.576. The number of nitro benzene ring substituents is 1. The number of hydrogen-bond acceptors (Lipinski definition) is 6. The third-order valence-corrected chi connectivity index (χ3v) is 6.34. The molecule has 0 saturated carbocycles. The number of para-hydroxylation sites is 3. The molecule has 0 aliphatic carbocycles. The lowest BCUT2D eigenvalue weighted by atomic mass is 10.1. The van der Waals surface area contributed by atoms with Crippen LogP contribution in [-0.4, -0.2) is 39.1 Å². The van der Waals surface area contributed by atoms with Crippen molar-refractivity contribution in [2.75, 3.05) is 19.0 Å². The molecule has 0 saturated heterocycles. The molecule has 4 rings (SSSR count). The molecule has 0 aliphatic heterocycles. The topological polar surface area (TPSA) is 120 Å². The molecule has 4 aromatic rings. The first-order valence-electron chi connectivity index (χ1n) is 12.7. The second-order valence-corrected chi connectivity index (χ2v) is 9.50. The summed E-state index contributed by atoms with van der Waals surface area (Å²) < 4.78 is 7.11. The molecular formula is C29H31N5O5.